The van der Waals surface area contributed by atoms with Crippen molar-refractivity contribution in [3.05, 3.63) is 83.6 Å². The number of halogens is 1. The van der Waals surface area contributed by atoms with Crippen molar-refractivity contribution in [2.45, 2.75) is 32.4 Å². The van der Waals surface area contributed by atoms with Gasteiger partial charge in [-0.15, -0.1) is 0 Å². The highest BCUT2D eigenvalue weighted by Gasteiger charge is 2.21. The molecule has 0 radical (unpaired) electrons. The Morgan fingerprint density at radius 3 is 2.60 bits per heavy atom. The first kappa shape index (κ1) is 20.2. The molecule has 0 bridgehead atoms. The highest BCUT2D eigenvalue weighted by atomic mass is 19.1. The van der Waals surface area contributed by atoms with Crippen LogP contribution in [0.15, 0.2) is 65.3 Å². The second kappa shape index (κ2) is 9.13. The molecule has 156 valence electrons. The predicted octanol–water partition coefficient (Wildman–Crippen LogP) is 5.02. The molecule has 30 heavy (non-hydrogen) atoms. The second-order valence-electron chi connectivity index (χ2n) is 7.63. The molecule has 4 rings (SSSR count). The van der Waals surface area contributed by atoms with Crippen molar-refractivity contribution in [1.82, 2.24) is 4.90 Å². The highest BCUT2D eigenvalue weighted by molar-refractivity contribution is 6.02. The summed E-state index contributed by atoms with van der Waals surface area (Å²) in [6.07, 6.45) is 3.52. The molecule has 2 heterocycles. The van der Waals surface area contributed by atoms with Crippen molar-refractivity contribution >= 4 is 11.6 Å². The molecule has 2 aromatic carbocycles. The fourth-order valence-corrected chi connectivity index (χ4v) is 3.67. The van der Waals surface area contributed by atoms with Crippen LogP contribution in [0.3, 0.4) is 0 Å². The van der Waals surface area contributed by atoms with Crippen molar-refractivity contribution < 1.29 is 18.3 Å². The summed E-state index contributed by atoms with van der Waals surface area (Å²) in [7, 11) is 0. The van der Waals surface area contributed by atoms with E-state index >= 15 is 0 Å². The van der Waals surface area contributed by atoms with Gasteiger partial charge in [-0.05, 0) is 73.4 Å². The van der Waals surface area contributed by atoms with Crippen molar-refractivity contribution in [2.24, 2.45) is 0 Å². The van der Waals surface area contributed by atoms with Crippen molar-refractivity contribution in [2.75, 3.05) is 18.4 Å². The molecular weight excluding hydrogens is 383 g/mol. The van der Waals surface area contributed by atoms with Gasteiger partial charge in [0.05, 0.1) is 6.26 Å². The van der Waals surface area contributed by atoms with Crippen LogP contribution in [0, 0.1) is 12.7 Å². The second-order valence-corrected chi connectivity index (χ2v) is 7.63. The maximum Gasteiger partial charge on any atom is 0.291 e. The summed E-state index contributed by atoms with van der Waals surface area (Å²) >= 11 is 0. The number of aryl methyl sites for hydroxylation is 1. The van der Waals surface area contributed by atoms with Crippen LogP contribution in [-0.2, 0) is 6.54 Å². The number of likely N-dealkylation sites (tertiary alicyclic amines) is 1. The first-order valence-electron chi connectivity index (χ1n) is 10.2. The van der Waals surface area contributed by atoms with E-state index in [2.05, 4.69) is 10.2 Å². The number of carbonyl (C=O) groups excluding carboxylic acids is 1. The number of carbonyl (C=O) groups is 1. The number of nitrogens with zero attached hydrogens (tertiary/aromatic N) is 1. The maximum atomic E-state index is 13.1. The Kier molecular flexibility index (Phi) is 6.14. The summed E-state index contributed by atoms with van der Waals surface area (Å²) in [4.78, 5) is 14.5. The van der Waals surface area contributed by atoms with Gasteiger partial charge in [0.2, 0.25) is 0 Å². The fourth-order valence-electron chi connectivity index (χ4n) is 3.67. The number of hydrogen-bond acceptors (Lipinski definition) is 4. The Morgan fingerprint density at radius 1 is 1.17 bits per heavy atom. The van der Waals surface area contributed by atoms with E-state index < -0.39 is 0 Å². The number of rotatable bonds is 6. The molecular formula is C24H25FN2O3. The van der Waals surface area contributed by atoms with Crippen LogP contribution in [0.4, 0.5) is 10.1 Å². The number of ether oxygens (including phenoxy) is 1. The molecule has 1 aliphatic rings. The zero-order chi connectivity index (χ0) is 20.9. The summed E-state index contributed by atoms with van der Waals surface area (Å²) in [6.45, 7) is 4.69. The molecule has 0 spiro atoms. The van der Waals surface area contributed by atoms with E-state index in [4.69, 9.17) is 9.15 Å². The average molecular weight is 408 g/mol. The third kappa shape index (κ3) is 5.07. The van der Waals surface area contributed by atoms with E-state index in [1.54, 1.807) is 12.1 Å². The normalized spacial score (nSPS) is 15.1. The Labute approximate surface area is 175 Å². The van der Waals surface area contributed by atoms with Crippen molar-refractivity contribution in [3.8, 4) is 5.75 Å². The standard InChI is InChI=1S/C24H25FN2O3/c1-17-15-20(26-24(28)23-3-2-14-29-23)8-9-22(17)30-21-10-12-27(13-11-21)16-18-4-6-19(25)7-5-18/h2-9,14-15,21H,10-13,16H2,1H3,(H,26,28). The van der Waals surface area contributed by atoms with Crippen molar-refractivity contribution in [3.63, 3.8) is 0 Å². The third-order valence-corrected chi connectivity index (χ3v) is 5.33. The average Bonchev–Trinajstić information content (AvgIpc) is 3.28. The van der Waals surface area contributed by atoms with E-state index in [-0.39, 0.29) is 23.6 Å². The van der Waals surface area contributed by atoms with Gasteiger partial charge in [-0.25, -0.2) is 4.39 Å². The smallest absolute Gasteiger partial charge is 0.291 e. The summed E-state index contributed by atoms with van der Waals surface area (Å²) in [5.41, 5.74) is 2.80. The number of furan rings is 1. The minimum Gasteiger partial charge on any atom is -0.490 e. The molecule has 0 saturated carbocycles. The predicted molar refractivity (Wildman–Crippen MR) is 113 cm³/mol. The van der Waals surface area contributed by atoms with Gasteiger partial charge in [-0.1, -0.05) is 12.1 Å². The van der Waals surface area contributed by atoms with E-state index in [0.717, 1.165) is 49.4 Å². The first-order chi connectivity index (χ1) is 14.6. The topological polar surface area (TPSA) is 54.7 Å². The Morgan fingerprint density at radius 2 is 1.93 bits per heavy atom. The van der Waals surface area contributed by atoms with Crippen LogP contribution in [0.5, 0.6) is 5.75 Å². The van der Waals surface area contributed by atoms with Crippen LogP contribution in [0.25, 0.3) is 0 Å². The number of benzene rings is 2. The summed E-state index contributed by atoms with van der Waals surface area (Å²) in [5.74, 6) is 0.637. The lowest BCUT2D eigenvalue weighted by atomic mass is 10.1. The monoisotopic (exact) mass is 408 g/mol. The van der Waals surface area contributed by atoms with Crippen LogP contribution in [-0.4, -0.2) is 30.0 Å². The van der Waals surface area contributed by atoms with Gasteiger partial charge in [0.1, 0.15) is 17.7 Å². The van der Waals surface area contributed by atoms with E-state index in [1.165, 1.54) is 18.4 Å². The Bertz CT molecular complexity index is 978. The highest BCUT2D eigenvalue weighted by Crippen LogP contribution is 2.26. The van der Waals surface area contributed by atoms with Crippen LogP contribution in [0.1, 0.15) is 34.5 Å². The number of hydrogen-bond donors (Lipinski definition) is 1. The zero-order valence-electron chi connectivity index (χ0n) is 16.9. The van der Waals surface area contributed by atoms with Crippen LogP contribution < -0.4 is 10.1 Å². The van der Waals surface area contributed by atoms with Crippen LogP contribution in [0.2, 0.25) is 0 Å². The first-order valence-corrected chi connectivity index (χ1v) is 10.2. The van der Waals surface area contributed by atoms with E-state index in [9.17, 15) is 9.18 Å². The molecule has 1 saturated heterocycles. The molecule has 0 aliphatic carbocycles. The minimum absolute atomic E-state index is 0.164. The molecule has 6 heteroatoms. The molecule has 3 aromatic rings. The largest absolute Gasteiger partial charge is 0.490 e. The lowest BCUT2D eigenvalue weighted by Crippen LogP contribution is -2.37. The quantitative estimate of drug-likeness (QED) is 0.622. The molecule has 1 aromatic heterocycles. The molecule has 0 unspecified atom stereocenters. The SMILES string of the molecule is Cc1cc(NC(=O)c2ccco2)ccc1OC1CCN(Cc2ccc(F)cc2)CC1. The van der Waals surface area contributed by atoms with E-state index in [1.807, 2.05) is 37.3 Å². The number of piperidine rings is 1. The van der Waals surface area contributed by atoms with Crippen molar-refractivity contribution in [1.29, 1.82) is 0 Å². The Balaban J connectivity index is 1.28. The third-order valence-electron chi connectivity index (χ3n) is 5.33. The van der Waals surface area contributed by atoms with E-state index in [0.29, 0.717) is 5.69 Å². The molecule has 1 amide bonds. The van der Waals surface area contributed by atoms with Gasteiger partial charge < -0.3 is 14.5 Å². The number of nitrogens with one attached hydrogen (secondary N) is 1. The summed E-state index contributed by atoms with van der Waals surface area (Å²) in [6, 6.07) is 15.7. The van der Waals surface area contributed by atoms with Gasteiger partial charge in [-0.3, -0.25) is 9.69 Å². The summed E-state index contributed by atoms with van der Waals surface area (Å²) in [5, 5.41) is 2.83. The lowest BCUT2D eigenvalue weighted by Gasteiger charge is -2.32. The van der Waals surface area contributed by atoms with Gasteiger partial charge in [-0.2, -0.15) is 0 Å². The molecule has 1 fully saturated rings. The number of anilines is 1. The van der Waals surface area contributed by atoms with Gasteiger partial charge >= 0.3 is 0 Å². The van der Waals surface area contributed by atoms with Crippen LogP contribution >= 0.6 is 0 Å². The molecule has 5 nitrogen and oxygen atoms in total. The maximum absolute atomic E-state index is 13.1. The molecule has 0 atom stereocenters. The Hall–Kier alpha value is -3.12. The minimum atomic E-state index is -0.276. The molecule has 1 aliphatic heterocycles. The fraction of sp³-hybridized carbons (Fsp3) is 0.292. The number of amides is 1. The summed E-state index contributed by atoms with van der Waals surface area (Å²) < 4.78 is 24.4. The van der Waals surface area contributed by atoms with Gasteiger partial charge in [0.25, 0.3) is 5.91 Å². The lowest BCUT2D eigenvalue weighted by molar-refractivity contribution is 0.0962. The van der Waals surface area contributed by atoms with Gasteiger partial charge in [0.15, 0.2) is 5.76 Å². The van der Waals surface area contributed by atoms with Gasteiger partial charge in [0, 0.05) is 25.3 Å². The molecule has 1 N–H and O–H groups in total. The zero-order valence-corrected chi connectivity index (χ0v) is 16.9.